The van der Waals surface area contributed by atoms with E-state index in [9.17, 15) is 9.59 Å². The van der Waals surface area contributed by atoms with E-state index >= 15 is 0 Å². The lowest BCUT2D eigenvalue weighted by molar-refractivity contribution is -0.151. The van der Waals surface area contributed by atoms with E-state index in [1.54, 1.807) is 6.92 Å². The highest BCUT2D eigenvalue weighted by Crippen LogP contribution is 2.30. The first-order chi connectivity index (χ1) is 11.4. The number of rotatable bonds is 6. The molecular formula is C19H24O5. The van der Waals surface area contributed by atoms with Gasteiger partial charge in [0.05, 0.1) is 6.61 Å². The van der Waals surface area contributed by atoms with Crippen LogP contribution in [0.3, 0.4) is 0 Å². The summed E-state index contributed by atoms with van der Waals surface area (Å²) in [5.74, 6) is 0.132. The predicted octanol–water partition coefficient (Wildman–Crippen LogP) is 3.69. The largest absolute Gasteiger partial charge is 0.478 e. The molecule has 0 spiro atoms. The summed E-state index contributed by atoms with van der Waals surface area (Å²) in [4.78, 5) is 24.1. The van der Waals surface area contributed by atoms with Crippen LogP contribution in [0.5, 0.6) is 5.75 Å². The van der Waals surface area contributed by atoms with E-state index in [0.29, 0.717) is 41.9 Å². The molecule has 2 aromatic rings. The number of fused-ring (bicyclic) bond motifs is 1. The van der Waals surface area contributed by atoms with Crippen molar-refractivity contribution in [2.45, 2.75) is 53.6 Å². The zero-order chi connectivity index (χ0) is 17.9. The molecule has 5 nitrogen and oxygen atoms in total. The molecule has 0 aliphatic carbocycles. The van der Waals surface area contributed by atoms with Crippen molar-refractivity contribution >= 4 is 16.9 Å². The molecule has 2 rings (SSSR count). The van der Waals surface area contributed by atoms with Crippen LogP contribution >= 0.6 is 0 Å². The molecule has 0 N–H and O–H groups in total. The van der Waals surface area contributed by atoms with Gasteiger partial charge in [0.25, 0.3) is 0 Å². The van der Waals surface area contributed by atoms with Crippen LogP contribution in [0.25, 0.3) is 11.0 Å². The van der Waals surface area contributed by atoms with Gasteiger partial charge in [-0.05, 0) is 51.3 Å². The van der Waals surface area contributed by atoms with Crippen LogP contribution in [-0.4, -0.2) is 18.7 Å². The van der Waals surface area contributed by atoms with E-state index in [4.69, 9.17) is 13.9 Å². The zero-order valence-electron chi connectivity index (χ0n) is 14.9. The summed E-state index contributed by atoms with van der Waals surface area (Å²) >= 11 is 0. The second kappa shape index (κ2) is 7.51. The number of hydrogen-bond donors (Lipinski definition) is 0. The van der Waals surface area contributed by atoms with Gasteiger partial charge >= 0.3 is 11.6 Å². The fourth-order valence-electron chi connectivity index (χ4n) is 2.79. The highest BCUT2D eigenvalue weighted by Gasteiger charge is 2.22. The van der Waals surface area contributed by atoms with Crippen LogP contribution < -0.4 is 10.4 Å². The summed E-state index contributed by atoms with van der Waals surface area (Å²) in [7, 11) is 0. The average Bonchev–Trinajstić information content (AvgIpc) is 2.55. The van der Waals surface area contributed by atoms with Crippen molar-refractivity contribution in [3.63, 3.8) is 0 Å². The van der Waals surface area contributed by atoms with Crippen LogP contribution in [0, 0.1) is 13.8 Å². The third-order valence-electron chi connectivity index (χ3n) is 4.20. The summed E-state index contributed by atoms with van der Waals surface area (Å²) in [6.07, 6.45) is 0.444. The van der Waals surface area contributed by atoms with Crippen molar-refractivity contribution < 1.29 is 18.7 Å². The predicted molar refractivity (Wildman–Crippen MR) is 92.7 cm³/mol. The van der Waals surface area contributed by atoms with E-state index in [1.165, 1.54) is 0 Å². The molecule has 0 aliphatic rings. The molecule has 0 fully saturated rings. The molecule has 0 amide bonds. The third-order valence-corrected chi connectivity index (χ3v) is 4.20. The second-order valence-corrected chi connectivity index (χ2v) is 5.68. The molecule has 0 saturated heterocycles. The number of aryl methyl sites for hydroxylation is 2. The van der Waals surface area contributed by atoms with Crippen molar-refractivity contribution in [1.29, 1.82) is 0 Å². The van der Waals surface area contributed by atoms with Gasteiger partial charge in [-0.1, -0.05) is 13.8 Å². The molecule has 1 atom stereocenters. The minimum atomic E-state index is -0.677. The van der Waals surface area contributed by atoms with E-state index < -0.39 is 12.1 Å². The number of hydrogen-bond acceptors (Lipinski definition) is 5. The molecular weight excluding hydrogens is 308 g/mol. The lowest BCUT2D eigenvalue weighted by Gasteiger charge is -2.18. The molecule has 5 heteroatoms. The van der Waals surface area contributed by atoms with Gasteiger partial charge < -0.3 is 13.9 Å². The van der Waals surface area contributed by atoms with Crippen LogP contribution in [-0.2, 0) is 16.0 Å². The van der Waals surface area contributed by atoms with Crippen LogP contribution in [0.1, 0.15) is 43.9 Å². The van der Waals surface area contributed by atoms with Crippen molar-refractivity contribution in [1.82, 2.24) is 0 Å². The highest BCUT2D eigenvalue weighted by atomic mass is 16.6. The molecule has 24 heavy (non-hydrogen) atoms. The molecule has 0 bridgehead atoms. The van der Waals surface area contributed by atoms with Crippen LogP contribution in [0.15, 0.2) is 21.3 Å². The SMILES string of the molecule is CCOC(=O)[C@H](CC)Oc1ccc2c(C)c(CC)c(=O)oc2c1C. The lowest BCUT2D eigenvalue weighted by atomic mass is 10.0. The van der Waals surface area contributed by atoms with E-state index in [0.717, 1.165) is 10.9 Å². The standard InChI is InChI=1S/C19H24O5/c1-6-13-11(4)14-9-10-16(12(5)17(14)24-18(13)20)23-15(7-2)19(21)22-8-3/h9-10,15H,6-8H2,1-5H3/t15-/m0/s1. The molecule has 130 valence electrons. The Morgan fingerprint density at radius 3 is 2.46 bits per heavy atom. The maximum absolute atomic E-state index is 12.1. The molecule has 0 radical (unpaired) electrons. The van der Waals surface area contributed by atoms with Gasteiger partial charge in [-0.15, -0.1) is 0 Å². The van der Waals surface area contributed by atoms with Gasteiger partial charge in [0.2, 0.25) is 0 Å². The Kier molecular flexibility index (Phi) is 5.65. The Balaban J connectivity index is 2.49. The number of benzene rings is 1. The van der Waals surface area contributed by atoms with Gasteiger partial charge in [0.15, 0.2) is 6.10 Å². The molecule has 1 heterocycles. The summed E-state index contributed by atoms with van der Waals surface area (Å²) in [6.45, 7) is 9.60. The first-order valence-corrected chi connectivity index (χ1v) is 8.33. The molecule has 1 aromatic carbocycles. The Labute approximate surface area is 141 Å². The number of esters is 1. The smallest absolute Gasteiger partial charge is 0.347 e. The van der Waals surface area contributed by atoms with E-state index in [2.05, 4.69) is 0 Å². The van der Waals surface area contributed by atoms with E-state index in [1.807, 2.05) is 39.8 Å². The summed E-state index contributed by atoms with van der Waals surface area (Å²) < 4.78 is 16.3. The maximum Gasteiger partial charge on any atom is 0.347 e. The lowest BCUT2D eigenvalue weighted by Crippen LogP contribution is -2.29. The van der Waals surface area contributed by atoms with Crippen molar-refractivity contribution in [3.05, 3.63) is 39.2 Å². The normalized spacial score (nSPS) is 12.2. The Morgan fingerprint density at radius 1 is 1.17 bits per heavy atom. The van der Waals surface area contributed by atoms with Gasteiger partial charge in [-0.25, -0.2) is 9.59 Å². The highest BCUT2D eigenvalue weighted by molar-refractivity contribution is 5.85. The fourth-order valence-corrected chi connectivity index (χ4v) is 2.79. The molecule has 0 unspecified atom stereocenters. The van der Waals surface area contributed by atoms with Gasteiger partial charge in [-0.2, -0.15) is 0 Å². The van der Waals surface area contributed by atoms with Crippen molar-refractivity contribution in [3.8, 4) is 5.75 Å². The molecule has 0 saturated carbocycles. The van der Waals surface area contributed by atoms with E-state index in [-0.39, 0.29) is 5.63 Å². The Bertz CT molecular complexity index is 803. The zero-order valence-corrected chi connectivity index (χ0v) is 14.9. The van der Waals surface area contributed by atoms with Crippen molar-refractivity contribution in [2.24, 2.45) is 0 Å². The quantitative estimate of drug-likeness (QED) is 0.596. The number of carbonyl (C=O) groups is 1. The fraction of sp³-hybridized carbons (Fsp3) is 0.474. The van der Waals surface area contributed by atoms with Crippen LogP contribution in [0.4, 0.5) is 0 Å². The molecule has 1 aromatic heterocycles. The minimum absolute atomic E-state index is 0.309. The van der Waals surface area contributed by atoms with Crippen LogP contribution in [0.2, 0.25) is 0 Å². The third kappa shape index (κ3) is 3.30. The number of ether oxygens (including phenoxy) is 2. The summed E-state index contributed by atoms with van der Waals surface area (Å²) in [5, 5.41) is 0.889. The second-order valence-electron chi connectivity index (χ2n) is 5.68. The summed E-state index contributed by atoms with van der Waals surface area (Å²) in [5.41, 5.74) is 2.51. The Hall–Kier alpha value is -2.30. The van der Waals surface area contributed by atoms with Gasteiger partial charge in [0, 0.05) is 16.5 Å². The first kappa shape index (κ1) is 18.0. The monoisotopic (exact) mass is 332 g/mol. The van der Waals surface area contributed by atoms with Gasteiger partial charge in [0.1, 0.15) is 11.3 Å². The number of carbonyl (C=O) groups excluding carboxylic acids is 1. The topological polar surface area (TPSA) is 65.7 Å². The summed E-state index contributed by atoms with van der Waals surface area (Å²) in [6, 6.07) is 3.68. The maximum atomic E-state index is 12.1. The molecule has 0 aliphatic heterocycles. The first-order valence-electron chi connectivity index (χ1n) is 8.33. The minimum Gasteiger partial charge on any atom is -0.478 e. The average molecular weight is 332 g/mol. The van der Waals surface area contributed by atoms with Crippen molar-refractivity contribution in [2.75, 3.05) is 6.61 Å². The Morgan fingerprint density at radius 2 is 1.88 bits per heavy atom. The van der Waals surface area contributed by atoms with Gasteiger partial charge in [-0.3, -0.25) is 0 Å².